The number of pyridine rings is 1. The third-order valence-electron chi connectivity index (χ3n) is 4.24. The molecule has 3 rings (SSSR count). The van der Waals surface area contributed by atoms with Gasteiger partial charge in [0.2, 0.25) is 0 Å². The number of nitrogens with two attached hydrogens (primary N) is 1. The molecule has 4 heteroatoms. The first-order valence-corrected chi connectivity index (χ1v) is 8.10. The van der Waals surface area contributed by atoms with Gasteiger partial charge in [-0.1, -0.05) is 56.1 Å². The Morgan fingerprint density at radius 2 is 1.86 bits per heavy atom. The smallest absolute Gasteiger partial charge is 0.107 e. The lowest BCUT2D eigenvalue weighted by atomic mass is 10.0. The van der Waals surface area contributed by atoms with Gasteiger partial charge in [0.15, 0.2) is 0 Å². The molecule has 1 aliphatic rings. The maximum absolute atomic E-state index is 5.89. The molecular formula is C17H21N3S. The zero-order valence-electron chi connectivity index (χ0n) is 12.1. The van der Waals surface area contributed by atoms with Crippen LogP contribution in [-0.4, -0.2) is 16.0 Å². The van der Waals surface area contributed by atoms with Crippen LogP contribution in [0.1, 0.15) is 44.1 Å². The zero-order valence-corrected chi connectivity index (χ0v) is 13.0. The van der Waals surface area contributed by atoms with E-state index in [0.29, 0.717) is 11.0 Å². The molecule has 0 spiro atoms. The van der Waals surface area contributed by atoms with Gasteiger partial charge >= 0.3 is 0 Å². The molecule has 1 aliphatic carbocycles. The lowest BCUT2D eigenvalue weighted by molar-refractivity contribution is 0.620. The van der Waals surface area contributed by atoms with Crippen molar-refractivity contribution in [2.45, 2.75) is 44.6 Å². The van der Waals surface area contributed by atoms with E-state index in [1.807, 2.05) is 18.2 Å². The molecule has 1 heterocycles. The van der Waals surface area contributed by atoms with Crippen LogP contribution in [0.25, 0.3) is 10.9 Å². The van der Waals surface area contributed by atoms with E-state index >= 15 is 0 Å². The average Bonchev–Trinajstić information content (AvgIpc) is 2.76. The minimum atomic E-state index is 0.407. The lowest BCUT2D eigenvalue weighted by Crippen LogP contribution is -2.22. The Morgan fingerprint density at radius 1 is 1.14 bits per heavy atom. The summed E-state index contributed by atoms with van der Waals surface area (Å²) in [4.78, 5) is 4.87. The number of aromatic nitrogens is 1. The summed E-state index contributed by atoms with van der Waals surface area (Å²) in [5, 5.41) is 4.81. The normalized spacial score (nSPS) is 16.6. The van der Waals surface area contributed by atoms with Crippen LogP contribution in [0.4, 0.5) is 5.69 Å². The first-order valence-electron chi connectivity index (χ1n) is 7.70. The fraction of sp³-hybridized carbons (Fsp3) is 0.412. The molecule has 1 aromatic heterocycles. The molecule has 1 saturated carbocycles. The van der Waals surface area contributed by atoms with Crippen LogP contribution in [-0.2, 0) is 0 Å². The third-order valence-corrected chi connectivity index (χ3v) is 4.46. The molecule has 2 aromatic rings. The Balaban J connectivity index is 2.01. The predicted molar refractivity (Wildman–Crippen MR) is 92.7 cm³/mol. The fourth-order valence-corrected chi connectivity index (χ4v) is 3.27. The number of thiocarbonyl (C=S) groups is 1. The molecular weight excluding hydrogens is 278 g/mol. The molecule has 0 saturated heterocycles. The van der Waals surface area contributed by atoms with Gasteiger partial charge in [-0.15, -0.1) is 0 Å². The van der Waals surface area contributed by atoms with Gasteiger partial charge in [-0.2, -0.15) is 0 Å². The van der Waals surface area contributed by atoms with Gasteiger partial charge in [0.05, 0.1) is 16.8 Å². The summed E-state index contributed by atoms with van der Waals surface area (Å²) < 4.78 is 0. The van der Waals surface area contributed by atoms with E-state index in [-0.39, 0.29) is 0 Å². The molecule has 0 unspecified atom stereocenters. The predicted octanol–water partition coefficient (Wildman–Crippen LogP) is 4.00. The van der Waals surface area contributed by atoms with Crippen molar-refractivity contribution in [1.82, 2.24) is 4.98 Å². The number of hydrogen-bond donors (Lipinski definition) is 2. The van der Waals surface area contributed by atoms with E-state index in [1.54, 1.807) is 6.20 Å². The van der Waals surface area contributed by atoms with Crippen molar-refractivity contribution < 1.29 is 0 Å². The van der Waals surface area contributed by atoms with Crippen LogP contribution >= 0.6 is 12.2 Å². The van der Waals surface area contributed by atoms with Crippen LogP contribution in [0.5, 0.6) is 0 Å². The second-order valence-electron chi connectivity index (χ2n) is 5.76. The van der Waals surface area contributed by atoms with Crippen molar-refractivity contribution >= 4 is 33.8 Å². The first kappa shape index (κ1) is 14.3. The number of benzene rings is 1. The van der Waals surface area contributed by atoms with Crippen LogP contribution in [0.3, 0.4) is 0 Å². The van der Waals surface area contributed by atoms with Crippen molar-refractivity contribution in [3.8, 4) is 0 Å². The number of para-hydroxylation sites is 1. The van der Waals surface area contributed by atoms with E-state index in [1.165, 1.54) is 38.5 Å². The van der Waals surface area contributed by atoms with Crippen molar-refractivity contribution in [3.05, 3.63) is 36.0 Å². The SMILES string of the molecule is NC(=S)c1cnc2ccccc2c1NC1CCCCCC1. The Morgan fingerprint density at radius 3 is 2.57 bits per heavy atom. The molecule has 1 aromatic carbocycles. The Kier molecular flexibility index (Phi) is 4.34. The summed E-state index contributed by atoms with van der Waals surface area (Å²) in [6, 6.07) is 8.66. The van der Waals surface area contributed by atoms with Crippen molar-refractivity contribution in [2.75, 3.05) is 5.32 Å². The third kappa shape index (κ3) is 3.16. The maximum Gasteiger partial charge on any atom is 0.107 e. The highest BCUT2D eigenvalue weighted by Crippen LogP contribution is 2.29. The van der Waals surface area contributed by atoms with Crippen molar-refractivity contribution in [3.63, 3.8) is 0 Å². The quantitative estimate of drug-likeness (QED) is 0.664. The van der Waals surface area contributed by atoms with Crippen LogP contribution in [0.2, 0.25) is 0 Å². The van der Waals surface area contributed by atoms with E-state index in [4.69, 9.17) is 18.0 Å². The Labute approximate surface area is 130 Å². The molecule has 21 heavy (non-hydrogen) atoms. The molecule has 110 valence electrons. The second kappa shape index (κ2) is 6.39. The summed E-state index contributed by atoms with van der Waals surface area (Å²) in [6.07, 6.45) is 9.51. The van der Waals surface area contributed by atoms with Gasteiger partial charge in [0.1, 0.15) is 4.99 Å². The molecule has 0 bridgehead atoms. The largest absolute Gasteiger partial charge is 0.389 e. The second-order valence-corrected chi connectivity index (χ2v) is 6.20. The van der Waals surface area contributed by atoms with Gasteiger partial charge in [0, 0.05) is 17.6 Å². The Hall–Kier alpha value is -1.68. The highest BCUT2D eigenvalue weighted by Gasteiger charge is 2.16. The van der Waals surface area contributed by atoms with Crippen LogP contribution in [0, 0.1) is 0 Å². The summed E-state index contributed by atoms with van der Waals surface area (Å²) in [5.41, 5.74) is 8.78. The number of nitrogens with one attached hydrogen (secondary N) is 1. The fourth-order valence-electron chi connectivity index (χ4n) is 3.11. The van der Waals surface area contributed by atoms with Crippen molar-refractivity contribution in [2.24, 2.45) is 5.73 Å². The van der Waals surface area contributed by atoms with E-state index in [2.05, 4.69) is 16.4 Å². The standard InChI is InChI=1S/C17H21N3S/c18-17(21)14-11-19-15-10-6-5-9-13(15)16(14)20-12-7-3-1-2-4-8-12/h5-6,9-12H,1-4,7-8H2,(H2,18,21)(H,19,20). The highest BCUT2D eigenvalue weighted by molar-refractivity contribution is 7.80. The van der Waals surface area contributed by atoms with E-state index in [9.17, 15) is 0 Å². The summed E-state index contributed by atoms with van der Waals surface area (Å²) >= 11 is 5.20. The molecule has 3 nitrogen and oxygen atoms in total. The van der Waals surface area contributed by atoms with Gasteiger partial charge in [0.25, 0.3) is 0 Å². The number of anilines is 1. The molecule has 0 radical (unpaired) electrons. The minimum Gasteiger partial charge on any atom is -0.389 e. The molecule has 0 amide bonds. The zero-order chi connectivity index (χ0) is 14.7. The number of rotatable bonds is 3. The molecule has 0 atom stereocenters. The number of hydrogen-bond acceptors (Lipinski definition) is 3. The molecule has 0 aliphatic heterocycles. The highest BCUT2D eigenvalue weighted by atomic mass is 32.1. The van der Waals surface area contributed by atoms with Crippen LogP contribution in [0.15, 0.2) is 30.5 Å². The van der Waals surface area contributed by atoms with Crippen molar-refractivity contribution in [1.29, 1.82) is 0 Å². The van der Waals surface area contributed by atoms with Gasteiger partial charge in [-0.25, -0.2) is 0 Å². The minimum absolute atomic E-state index is 0.407. The topological polar surface area (TPSA) is 50.9 Å². The van der Waals surface area contributed by atoms with Crippen LogP contribution < -0.4 is 11.1 Å². The maximum atomic E-state index is 5.89. The summed E-state index contributed by atoms with van der Waals surface area (Å²) in [7, 11) is 0. The van der Waals surface area contributed by atoms with Gasteiger partial charge < -0.3 is 11.1 Å². The van der Waals surface area contributed by atoms with E-state index < -0.39 is 0 Å². The molecule has 3 N–H and O–H groups in total. The lowest BCUT2D eigenvalue weighted by Gasteiger charge is -2.21. The van der Waals surface area contributed by atoms with Gasteiger partial charge in [-0.3, -0.25) is 4.98 Å². The number of nitrogens with zero attached hydrogens (tertiary/aromatic N) is 1. The summed E-state index contributed by atoms with van der Waals surface area (Å²) in [5.74, 6) is 0. The van der Waals surface area contributed by atoms with E-state index in [0.717, 1.165) is 22.2 Å². The summed E-state index contributed by atoms with van der Waals surface area (Å²) in [6.45, 7) is 0. The Bertz CT molecular complexity index is 646. The first-order chi connectivity index (χ1) is 10.3. The average molecular weight is 299 g/mol. The number of fused-ring (bicyclic) bond motifs is 1. The van der Waals surface area contributed by atoms with Gasteiger partial charge in [-0.05, 0) is 18.9 Å². The molecule has 1 fully saturated rings. The monoisotopic (exact) mass is 299 g/mol.